The van der Waals surface area contributed by atoms with Crippen molar-refractivity contribution in [3.63, 3.8) is 0 Å². The summed E-state index contributed by atoms with van der Waals surface area (Å²) in [5.41, 5.74) is 3.16. The molecular formula is C10H13N3S. The zero-order valence-electron chi connectivity index (χ0n) is 8.31. The number of aromatic nitrogens is 3. The third-order valence-electron chi connectivity index (χ3n) is 2.23. The number of fused-ring (bicyclic) bond motifs is 1. The van der Waals surface area contributed by atoms with E-state index in [0.717, 1.165) is 16.9 Å². The van der Waals surface area contributed by atoms with Crippen molar-refractivity contribution < 1.29 is 0 Å². The summed E-state index contributed by atoms with van der Waals surface area (Å²) in [4.78, 5) is 4.31. The van der Waals surface area contributed by atoms with Gasteiger partial charge in [0.2, 0.25) is 0 Å². The van der Waals surface area contributed by atoms with E-state index >= 15 is 0 Å². The fraction of sp³-hybridized carbons (Fsp3) is 0.400. The number of hydrogen-bond donors (Lipinski definition) is 1. The molecule has 0 amide bonds. The predicted octanol–water partition coefficient (Wildman–Crippen LogP) is 2.28. The van der Waals surface area contributed by atoms with Gasteiger partial charge in [-0.2, -0.15) is 17.7 Å². The van der Waals surface area contributed by atoms with Gasteiger partial charge in [-0.05, 0) is 12.0 Å². The van der Waals surface area contributed by atoms with Crippen molar-refractivity contribution >= 4 is 18.3 Å². The van der Waals surface area contributed by atoms with E-state index in [1.54, 1.807) is 6.20 Å². The maximum atomic E-state index is 4.49. The van der Waals surface area contributed by atoms with Gasteiger partial charge >= 0.3 is 0 Å². The van der Waals surface area contributed by atoms with Gasteiger partial charge in [0.1, 0.15) is 0 Å². The van der Waals surface area contributed by atoms with Crippen molar-refractivity contribution in [2.75, 3.05) is 0 Å². The Kier molecular flexibility index (Phi) is 2.46. The normalized spacial score (nSPS) is 11.4. The molecule has 0 aliphatic heterocycles. The Bertz CT molecular complexity index is 448. The van der Waals surface area contributed by atoms with Crippen LogP contribution in [0.1, 0.15) is 31.0 Å². The van der Waals surface area contributed by atoms with Crippen LogP contribution in [0.15, 0.2) is 18.5 Å². The second-order valence-electron chi connectivity index (χ2n) is 3.56. The summed E-state index contributed by atoms with van der Waals surface area (Å²) in [5, 5.41) is 4.49. The van der Waals surface area contributed by atoms with Crippen LogP contribution in [0.4, 0.5) is 0 Å². The average molecular weight is 207 g/mol. The molecule has 0 aliphatic carbocycles. The molecule has 0 aliphatic rings. The van der Waals surface area contributed by atoms with Crippen molar-refractivity contribution in [2.45, 2.75) is 25.5 Å². The highest BCUT2D eigenvalue weighted by Crippen LogP contribution is 2.22. The molecule has 2 rings (SSSR count). The second-order valence-corrected chi connectivity index (χ2v) is 3.88. The monoisotopic (exact) mass is 207 g/mol. The summed E-state index contributed by atoms with van der Waals surface area (Å²) >= 11 is 4.32. The molecule has 0 radical (unpaired) electrons. The molecule has 14 heavy (non-hydrogen) atoms. The molecule has 0 spiro atoms. The molecule has 0 unspecified atom stereocenters. The highest BCUT2D eigenvalue weighted by atomic mass is 32.1. The summed E-state index contributed by atoms with van der Waals surface area (Å²) in [7, 11) is 0. The SMILES string of the molecule is CC(C)c1nn2cccnc2c1CS. The van der Waals surface area contributed by atoms with Crippen LogP contribution in [0.2, 0.25) is 0 Å². The Labute approximate surface area is 88.6 Å². The summed E-state index contributed by atoms with van der Waals surface area (Å²) in [6.45, 7) is 4.27. The molecule has 0 aromatic carbocycles. The lowest BCUT2D eigenvalue weighted by Crippen LogP contribution is -1.92. The second kappa shape index (κ2) is 3.61. The summed E-state index contributed by atoms with van der Waals surface area (Å²) in [5.74, 6) is 1.10. The molecule has 2 heterocycles. The molecule has 0 saturated heterocycles. The van der Waals surface area contributed by atoms with Gasteiger partial charge in [-0.25, -0.2) is 9.50 Å². The van der Waals surface area contributed by atoms with E-state index in [2.05, 4.69) is 36.6 Å². The molecule has 0 saturated carbocycles. The van der Waals surface area contributed by atoms with E-state index in [4.69, 9.17) is 0 Å². The van der Waals surface area contributed by atoms with Gasteiger partial charge in [-0.1, -0.05) is 13.8 Å². The molecule has 0 bridgehead atoms. The Morgan fingerprint density at radius 1 is 1.50 bits per heavy atom. The third-order valence-corrected chi connectivity index (χ3v) is 2.54. The first-order chi connectivity index (χ1) is 6.74. The van der Waals surface area contributed by atoms with Crippen LogP contribution in [-0.2, 0) is 5.75 Å². The van der Waals surface area contributed by atoms with E-state index in [9.17, 15) is 0 Å². The topological polar surface area (TPSA) is 30.2 Å². The summed E-state index contributed by atoms with van der Waals surface area (Å²) in [6, 6.07) is 1.88. The summed E-state index contributed by atoms with van der Waals surface area (Å²) < 4.78 is 1.82. The van der Waals surface area contributed by atoms with Crippen molar-refractivity contribution in [1.29, 1.82) is 0 Å². The molecule has 0 fully saturated rings. The van der Waals surface area contributed by atoms with Gasteiger partial charge in [0, 0.05) is 23.7 Å². The van der Waals surface area contributed by atoms with Crippen LogP contribution in [-0.4, -0.2) is 14.6 Å². The molecule has 3 nitrogen and oxygen atoms in total. The van der Waals surface area contributed by atoms with E-state index in [1.165, 1.54) is 0 Å². The third kappa shape index (κ3) is 1.39. The van der Waals surface area contributed by atoms with Gasteiger partial charge < -0.3 is 0 Å². The number of rotatable bonds is 2. The fourth-order valence-corrected chi connectivity index (χ4v) is 1.87. The zero-order chi connectivity index (χ0) is 10.1. The molecular weight excluding hydrogens is 194 g/mol. The minimum absolute atomic E-state index is 0.416. The van der Waals surface area contributed by atoms with Crippen LogP contribution in [0, 0.1) is 0 Å². The molecule has 2 aromatic rings. The van der Waals surface area contributed by atoms with Crippen LogP contribution >= 0.6 is 12.6 Å². The van der Waals surface area contributed by atoms with Gasteiger partial charge in [0.05, 0.1) is 5.69 Å². The number of thiol groups is 1. The van der Waals surface area contributed by atoms with E-state index in [0.29, 0.717) is 11.7 Å². The van der Waals surface area contributed by atoms with E-state index in [1.807, 2.05) is 16.8 Å². The standard InChI is InChI=1S/C10H13N3S/c1-7(2)9-8(6-14)10-11-4-3-5-13(10)12-9/h3-5,7,14H,6H2,1-2H3. The quantitative estimate of drug-likeness (QED) is 0.766. The lowest BCUT2D eigenvalue weighted by Gasteiger charge is -2.01. The highest BCUT2D eigenvalue weighted by Gasteiger charge is 2.14. The van der Waals surface area contributed by atoms with Gasteiger partial charge in [-0.15, -0.1) is 0 Å². The highest BCUT2D eigenvalue weighted by molar-refractivity contribution is 7.79. The van der Waals surface area contributed by atoms with Crippen LogP contribution in [0.25, 0.3) is 5.65 Å². The average Bonchev–Trinajstić information content (AvgIpc) is 2.56. The fourth-order valence-electron chi connectivity index (χ4n) is 1.57. The smallest absolute Gasteiger partial charge is 0.159 e. The Morgan fingerprint density at radius 3 is 2.93 bits per heavy atom. The van der Waals surface area contributed by atoms with Gasteiger partial charge in [0.25, 0.3) is 0 Å². The minimum Gasteiger partial charge on any atom is -0.237 e. The first-order valence-electron chi connectivity index (χ1n) is 4.67. The van der Waals surface area contributed by atoms with Crippen molar-refractivity contribution in [3.05, 3.63) is 29.7 Å². The Morgan fingerprint density at radius 2 is 2.29 bits per heavy atom. The minimum atomic E-state index is 0.416. The molecule has 0 atom stereocenters. The Balaban J connectivity index is 2.72. The molecule has 2 aromatic heterocycles. The van der Waals surface area contributed by atoms with Crippen LogP contribution < -0.4 is 0 Å². The molecule has 0 N–H and O–H groups in total. The first kappa shape index (κ1) is 9.52. The Hall–Kier alpha value is -1.03. The lowest BCUT2D eigenvalue weighted by molar-refractivity contribution is 0.781. The van der Waals surface area contributed by atoms with Gasteiger partial charge in [-0.3, -0.25) is 0 Å². The van der Waals surface area contributed by atoms with Gasteiger partial charge in [0.15, 0.2) is 5.65 Å². The van der Waals surface area contributed by atoms with Crippen molar-refractivity contribution in [2.24, 2.45) is 0 Å². The molecule has 4 heteroatoms. The number of hydrogen-bond acceptors (Lipinski definition) is 3. The van der Waals surface area contributed by atoms with Crippen molar-refractivity contribution in [3.8, 4) is 0 Å². The predicted molar refractivity (Wildman–Crippen MR) is 59.8 cm³/mol. The largest absolute Gasteiger partial charge is 0.237 e. The maximum Gasteiger partial charge on any atom is 0.159 e. The van der Waals surface area contributed by atoms with Crippen molar-refractivity contribution in [1.82, 2.24) is 14.6 Å². The molecule has 74 valence electrons. The summed E-state index contributed by atoms with van der Waals surface area (Å²) in [6.07, 6.45) is 3.70. The maximum absolute atomic E-state index is 4.49. The zero-order valence-corrected chi connectivity index (χ0v) is 9.20. The lowest BCUT2D eigenvalue weighted by atomic mass is 10.1. The number of nitrogens with zero attached hydrogens (tertiary/aromatic N) is 3. The van der Waals surface area contributed by atoms with E-state index in [-0.39, 0.29) is 0 Å². The first-order valence-corrected chi connectivity index (χ1v) is 5.30. The van der Waals surface area contributed by atoms with E-state index < -0.39 is 0 Å². The van der Waals surface area contributed by atoms with Crippen LogP contribution in [0.5, 0.6) is 0 Å². The van der Waals surface area contributed by atoms with Crippen LogP contribution in [0.3, 0.4) is 0 Å².